The largest absolute Gasteiger partial charge is 0.456 e. The molecule has 230 valence electrons. The van der Waals surface area contributed by atoms with Crippen LogP contribution < -0.4 is 16.4 Å². The topological polar surface area (TPSA) is 13.1 Å². The SMILES string of the molecule is Cc1cc(C)c(B(c2ccc(-c3c4c(cc5oc6ccccc6c35)-c3cccc5cccc-4c35)cc2)c2c(C)cc(C)cc2C)c(C)c1. The van der Waals surface area contributed by atoms with Gasteiger partial charge in [-0.1, -0.05) is 153 Å². The summed E-state index contributed by atoms with van der Waals surface area (Å²) in [5, 5.41) is 4.96. The fraction of sp³-hybridized carbons (Fsp3) is 0.130. The van der Waals surface area contributed by atoms with Crippen molar-refractivity contribution in [3.63, 3.8) is 0 Å². The van der Waals surface area contributed by atoms with Crippen LogP contribution >= 0.6 is 0 Å². The van der Waals surface area contributed by atoms with Crippen molar-refractivity contribution in [1.82, 2.24) is 0 Å². The van der Waals surface area contributed by atoms with Crippen molar-refractivity contribution in [3.8, 4) is 33.4 Å². The van der Waals surface area contributed by atoms with Crippen molar-refractivity contribution >= 4 is 55.8 Å². The number of furan rings is 1. The molecule has 0 aliphatic heterocycles. The van der Waals surface area contributed by atoms with E-state index in [-0.39, 0.29) is 6.71 Å². The Morgan fingerprint density at radius 2 is 1.04 bits per heavy atom. The molecule has 1 aliphatic rings. The minimum absolute atomic E-state index is 0.134. The number of hydrogen-bond donors (Lipinski definition) is 0. The molecule has 1 aliphatic carbocycles. The van der Waals surface area contributed by atoms with Gasteiger partial charge in [0.15, 0.2) is 0 Å². The van der Waals surface area contributed by atoms with Gasteiger partial charge in [0.25, 0.3) is 0 Å². The summed E-state index contributed by atoms with van der Waals surface area (Å²) in [6, 6.07) is 43.0. The van der Waals surface area contributed by atoms with E-state index in [9.17, 15) is 0 Å². The quantitative estimate of drug-likeness (QED) is 0.179. The zero-order valence-corrected chi connectivity index (χ0v) is 28.5. The fourth-order valence-corrected chi connectivity index (χ4v) is 9.05. The van der Waals surface area contributed by atoms with E-state index in [1.807, 2.05) is 0 Å². The summed E-state index contributed by atoms with van der Waals surface area (Å²) >= 11 is 0. The maximum absolute atomic E-state index is 6.58. The third-order valence-electron chi connectivity index (χ3n) is 10.7. The molecule has 1 aromatic heterocycles. The summed E-state index contributed by atoms with van der Waals surface area (Å²) < 4.78 is 6.58. The lowest BCUT2D eigenvalue weighted by molar-refractivity contribution is 0.669. The second kappa shape index (κ2) is 10.6. The van der Waals surface area contributed by atoms with Gasteiger partial charge in [-0.25, -0.2) is 0 Å². The van der Waals surface area contributed by atoms with Crippen LogP contribution in [0.15, 0.2) is 120 Å². The first-order valence-corrected chi connectivity index (χ1v) is 17.0. The van der Waals surface area contributed by atoms with Gasteiger partial charge in [-0.15, -0.1) is 0 Å². The first kappa shape index (κ1) is 28.9. The van der Waals surface area contributed by atoms with Gasteiger partial charge in [-0.05, 0) is 92.3 Å². The molecule has 0 fully saturated rings. The zero-order valence-electron chi connectivity index (χ0n) is 28.5. The second-order valence-corrected chi connectivity index (χ2v) is 14.0. The smallest absolute Gasteiger partial charge is 0.242 e. The summed E-state index contributed by atoms with van der Waals surface area (Å²) in [5.41, 5.74) is 21.6. The average Bonchev–Trinajstić information content (AvgIpc) is 3.59. The molecule has 8 aromatic rings. The Kier molecular flexibility index (Phi) is 6.36. The van der Waals surface area contributed by atoms with E-state index < -0.39 is 0 Å². The van der Waals surface area contributed by atoms with Crippen LogP contribution in [0.1, 0.15) is 33.4 Å². The van der Waals surface area contributed by atoms with E-state index in [2.05, 4.69) is 157 Å². The zero-order chi connectivity index (χ0) is 32.8. The third kappa shape index (κ3) is 4.18. The molecule has 0 atom stereocenters. The molecule has 1 heterocycles. The molecule has 7 aromatic carbocycles. The minimum atomic E-state index is 0.134. The van der Waals surface area contributed by atoms with Crippen LogP contribution in [0.25, 0.3) is 66.1 Å². The van der Waals surface area contributed by atoms with Gasteiger partial charge in [-0.2, -0.15) is 0 Å². The predicted octanol–water partition coefficient (Wildman–Crippen LogP) is 10.4. The van der Waals surface area contributed by atoms with Crippen molar-refractivity contribution in [2.24, 2.45) is 0 Å². The predicted molar refractivity (Wildman–Crippen MR) is 207 cm³/mol. The number of benzene rings is 7. The van der Waals surface area contributed by atoms with Gasteiger partial charge in [0.2, 0.25) is 6.71 Å². The molecule has 0 saturated carbocycles. The van der Waals surface area contributed by atoms with Crippen molar-refractivity contribution in [1.29, 1.82) is 0 Å². The van der Waals surface area contributed by atoms with E-state index in [1.165, 1.54) is 99.3 Å². The Hall–Kier alpha value is -5.34. The van der Waals surface area contributed by atoms with E-state index in [0.29, 0.717) is 0 Å². The van der Waals surface area contributed by atoms with Gasteiger partial charge < -0.3 is 4.42 Å². The Morgan fingerprint density at radius 3 is 1.67 bits per heavy atom. The molecule has 0 bridgehead atoms. The summed E-state index contributed by atoms with van der Waals surface area (Å²) in [5.74, 6) is 0. The molecule has 1 nitrogen and oxygen atoms in total. The molecule has 0 radical (unpaired) electrons. The number of hydrogen-bond acceptors (Lipinski definition) is 1. The monoisotopic (exact) mass is 616 g/mol. The van der Waals surface area contributed by atoms with Gasteiger partial charge in [-0.3, -0.25) is 0 Å². The summed E-state index contributed by atoms with van der Waals surface area (Å²) in [7, 11) is 0. The highest BCUT2D eigenvalue weighted by molar-refractivity contribution is 6.96. The molecule has 0 unspecified atom stereocenters. The highest BCUT2D eigenvalue weighted by Crippen LogP contribution is 2.54. The van der Waals surface area contributed by atoms with Gasteiger partial charge in [0, 0.05) is 16.3 Å². The molecular formula is C46H37BO. The van der Waals surface area contributed by atoms with Crippen LogP contribution in [0.3, 0.4) is 0 Å². The second-order valence-electron chi connectivity index (χ2n) is 14.0. The molecular weight excluding hydrogens is 579 g/mol. The number of fused-ring (bicyclic) bond motifs is 6. The first-order valence-electron chi connectivity index (χ1n) is 17.0. The molecule has 2 heteroatoms. The molecule has 9 rings (SSSR count). The van der Waals surface area contributed by atoms with Gasteiger partial charge in [0.1, 0.15) is 11.2 Å². The van der Waals surface area contributed by atoms with Crippen LogP contribution in [0, 0.1) is 41.5 Å². The Balaban J connectivity index is 1.32. The Labute approximate surface area is 283 Å². The first-order chi connectivity index (χ1) is 23.3. The fourth-order valence-electron chi connectivity index (χ4n) is 9.05. The van der Waals surface area contributed by atoms with Gasteiger partial charge in [0.05, 0.1) is 0 Å². The Bertz CT molecular complexity index is 2510. The van der Waals surface area contributed by atoms with E-state index in [1.54, 1.807) is 0 Å². The average molecular weight is 617 g/mol. The highest BCUT2D eigenvalue weighted by atomic mass is 16.3. The van der Waals surface area contributed by atoms with E-state index in [4.69, 9.17) is 4.42 Å². The van der Waals surface area contributed by atoms with Crippen molar-refractivity contribution in [2.75, 3.05) is 0 Å². The lowest BCUT2D eigenvalue weighted by Crippen LogP contribution is -2.55. The van der Waals surface area contributed by atoms with Crippen LogP contribution in [0.5, 0.6) is 0 Å². The summed E-state index contributed by atoms with van der Waals surface area (Å²) in [6.07, 6.45) is 0. The van der Waals surface area contributed by atoms with Crippen LogP contribution in [0.2, 0.25) is 0 Å². The van der Waals surface area contributed by atoms with Crippen molar-refractivity contribution in [3.05, 3.63) is 149 Å². The summed E-state index contributed by atoms with van der Waals surface area (Å²) in [6.45, 7) is 13.7. The van der Waals surface area contributed by atoms with E-state index in [0.717, 1.165) is 16.6 Å². The maximum atomic E-state index is 6.58. The van der Waals surface area contributed by atoms with Crippen molar-refractivity contribution in [2.45, 2.75) is 41.5 Å². The highest BCUT2D eigenvalue weighted by Gasteiger charge is 2.31. The Morgan fingerprint density at radius 1 is 0.458 bits per heavy atom. The lowest BCUT2D eigenvalue weighted by Gasteiger charge is -2.25. The van der Waals surface area contributed by atoms with Crippen LogP contribution in [0.4, 0.5) is 0 Å². The third-order valence-corrected chi connectivity index (χ3v) is 10.7. The molecule has 0 spiro atoms. The molecule has 0 saturated heterocycles. The number of para-hydroxylation sites is 1. The number of aryl methyl sites for hydroxylation is 6. The van der Waals surface area contributed by atoms with E-state index >= 15 is 0 Å². The normalized spacial score (nSPS) is 12.0. The van der Waals surface area contributed by atoms with Crippen LogP contribution in [-0.2, 0) is 0 Å². The molecule has 0 N–H and O–H groups in total. The van der Waals surface area contributed by atoms with Gasteiger partial charge >= 0.3 is 0 Å². The maximum Gasteiger partial charge on any atom is 0.242 e. The molecule has 48 heavy (non-hydrogen) atoms. The van der Waals surface area contributed by atoms with Crippen molar-refractivity contribution < 1.29 is 4.42 Å². The summed E-state index contributed by atoms with van der Waals surface area (Å²) in [4.78, 5) is 0. The standard InChI is InChI=1S/C46H37BO/c1-26-21-28(3)45(29(4)22-26)47(46-30(5)23-27(2)24-31(46)6)34-19-17-33(18-20-34)42-43-37-15-10-12-32-11-9-14-35(41(32)37)38(43)25-40-44(42)36-13-7-8-16-39(36)48-40/h7-25H,1-6H3. The van der Waals surface area contributed by atoms with Crippen LogP contribution in [-0.4, -0.2) is 6.71 Å². The number of rotatable bonds is 4. The minimum Gasteiger partial charge on any atom is -0.456 e. The molecule has 0 amide bonds. The lowest BCUT2D eigenvalue weighted by atomic mass is 9.34.